The van der Waals surface area contributed by atoms with E-state index in [0.29, 0.717) is 22.5 Å². The van der Waals surface area contributed by atoms with E-state index in [1.807, 2.05) is 11.8 Å². The molecular formula is C13H15BrFNOS. The van der Waals surface area contributed by atoms with Crippen LogP contribution in [0.1, 0.15) is 19.3 Å². The minimum atomic E-state index is -0.345. The number of thioether (sulfide) groups is 1. The molecule has 0 saturated carbocycles. The molecule has 1 fully saturated rings. The molecule has 1 aromatic carbocycles. The fraction of sp³-hybridized carbons (Fsp3) is 0.462. The molecule has 0 atom stereocenters. The minimum Gasteiger partial charge on any atom is -0.325 e. The second-order valence-electron chi connectivity index (χ2n) is 4.43. The summed E-state index contributed by atoms with van der Waals surface area (Å²) < 4.78 is 13.8. The Balaban J connectivity index is 1.92. The molecule has 0 bridgehead atoms. The van der Waals surface area contributed by atoms with Gasteiger partial charge in [-0.1, -0.05) is 0 Å². The van der Waals surface area contributed by atoms with Crippen LogP contribution >= 0.6 is 27.7 Å². The second kappa shape index (κ2) is 6.57. The van der Waals surface area contributed by atoms with Crippen LogP contribution in [-0.4, -0.2) is 17.4 Å². The van der Waals surface area contributed by atoms with Crippen LogP contribution in [0, 0.1) is 11.7 Å². The van der Waals surface area contributed by atoms with Gasteiger partial charge >= 0.3 is 0 Å². The largest absolute Gasteiger partial charge is 0.325 e. The molecule has 2 nitrogen and oxygen atoms in total. The molecule has 1 aliphatic heterocycles. The number of hydrogen-bond donors (Lipinski definition) is 1. The summed E-state index contributed by atoms with van der Waals surface area (Å²) in [6, 6.07) is 4.29. The van der Waals surface area contributed by atoms with E-state index in [0.717, 1.165) is 24.3 Å². The van der Waals surface area contributed by atoms with Crippen LogP contribution in [0.25, 0.3) is 0 Å². The van der Waals surface area contributed by atoms with Crippen molar-refractivity contribution in [2.45, 2.75) is 19.3 Å². The lowest BCUT2D eigenvalue weighted by Gasteiger charge is -2.20. The minimum absolute atomic E-state index is 0.0294. The van der Waals surface area contributed by atoms with Crippen LogP contribution in [0.15, 0.2) is 22.7 Å². The monoisotopic (exact) mass is 331 g/mol. The summed E-state index contributed by atoms with van der Waals surface area (Å²) in [5.41, 5.74) is 0.505. The van der Waals surface area contributed by atoms with Crippen molar-refractivity contribution >= 4 is 39.3 Å². The molecule has 0 aliphatic carbocycles. The summed E-state index contributed by atoms with van der Waals surface area (Å²) in [5.74, 6) is 2.38. The van der Waals surface area contributed by atoms with Gasteiger partial charge in [-0.05, 0) is 64.4 Å². The van der Waals surface area contributed by atoms with Gasteiger partial charge < -0.3 is 5.32 Å². The number of halogens is 2. The molecule has 5 heteroatoms. The predicted molar refractivity (Wildman–Crippen MR) is 77.4 cm³/mol. The van der Waals surface area contributed by atoms with Gasteiger partial charge in [-0.3, -0.25) is 4.79 Å². The van der Waals surface area contributed by atoms with Gasteiger partial charge in [0, 0.05) is 10.9 Å². The first-order valence-electron chi connectivity index (χ1n) is 5.98. The van der Waals surface area contributed by atoms with E-state index in [1.165, 1.54) is 12.1 Å². The highest BCUT2D eigenvalue weighted by molar-refractivity contribution is 9.10. The maximum absolute atomic E-state index is 13.1. The number of amides is 1. The molecule has 1 heterocycles. The molecule has 0 radical (unpaired) electrons. The predicted octanol–water partition coefficient (Wildman–Crippen LogP) is 4.06. The van der Waals surface area contributed by atoms with E-state index in [9.17, 15) is 9.18 Å². The van der Waals surface area contributed by atoms with Gasteiger partial charge in [0.25, 0.3) is 0 Å². The molecule has 1 aliphatic rings. The Hall–Kier alpha value is -0.550. The second-order valence-corrected chi connectivity index (χ2v) is 6.51. The summed E-state index contributed by atoms with van der Waals surface area (Å²) in [6.07, 6.45) is 2.73. The first-order valence-corrected chi connectivity index (χ1v) is 7.92. The summed E-state index contributed by atoms with van der Waals surface area (Å²) in [6.45, 7) is 0. The van der Waals surface area contributed by atoms with Gasteiger partial charge in [-0.2, -0.15) is 11.8 Å². The van der Waals surface area contributed by atoms with Crippen molar-refractivity contribution in [2.24, 2.45) is 5.92 Å². The first kappa shape index (κ1) is 13.9. The fourth-order valence-electron chi connectivity index (χ4n) is 2.01. The summed E-state index contributed by atoms with van der Waals surface area (Å²) in [7, 11) is 0. The summed E-state index contributed by atoms with van der Waals surface area (Å²) >= 11 is 5.24. The molecule has 1 saturated heterocycles. The van der Waals surface area contributed by atoms with Gasteiger partial charge in [-0.15, -0.1) is 0 Å². The average molecular weight is 332 g/mol. The third-order valence-electron chi connectivity index (χ3n) is 3.02. The maximum atomic E-state index is 13.1. The van der Waals surface area contributed by atoms with E-state index < -0.39 is 0 Å². The summed E-state index contributed by atoms with van der Waals surface area (Å²) in [4.78, 5) is 11.9. The van der Waals surface area contributed by atoms with E-state index in [4.69, 9.17) is 0 Å². The van der Waals surface area contributed by atoms with E-state index in [1.54, 1.807) is 6.07 Å². The molecule has 18 heavy (non-hydrogen) atoms. The normalized spacial score (nSPS) is 16.6. The maximum Gasteiger partial charge on any atom is 0.224 e. The SMILES string of the molecule is O=C(CC1CCSCC1)Nc1cc(F)ccc1Br. The number of benzene rings is 1. The molecule has 1 amide bonds. The highest BCUT2D eigenvalue weighted by Gasteiger charge is 2.17. The Kier molecular flexibility index (Phi) is 5.06. The number of hydrogen-bond acceptors (Lipinski definition) is 2. The zero-order chi connectivity index (χ0) is 13.0. The molecule has 0 unspecified atom stereocenters. The van der Waals surface area contributed by atoms with Crippen LogP contribution in [0.4, 0.5) is 10.1 Å². The topological polar surface area (TPSA) is 29.1 Å². The highest BCUT2D eigenvalue weighted by Crippen LogP contribution is 2.27. The number of rotatable bonds is 3. The Labute approximate surface area is 119 Å². The number of anilines is 1. The molecule has 2 rings (SSSR count). The van der Waals surface area contributed by atoms with Crippen molar-refractivity contribution in [3.8, 4) is 0 Å². The quantitative estimate of drug-likeness (QED) is 0.904. The van der Waals surface area contributed by atoms with Crippen molar-refractivity contribution in [2.75, 3.05) is 16.8 Å². The number of carbonyl (C=O) groups is 1. The van der Waals surface area contributed by atoms with Gasteiger partial charge in [0.1, 0.15) is 5.82 Å². The Morgan fingerprint density at radius 3 is 2.89 bits per heavy atom. The molecule has 1 N–H and O–H groups in total. The molecule has 0 spiro atoms. The molecular weight excluding hydrogens is 317 g/mol. The van der Waals surface area contributed by atoms with Gasteiger partial charge in [0.2, 0.25) is 5.91 Å². The molecule has 98 valence electrons. The lowest BCUT2D eigenvalue weighted by atomic mass is 9.98. The Bertz CT molecular complexity index is 435. The van der Waals surface area contributed by atoms with Gasteiger partial charge in [0.15, 0.2) is 0 Å². The lowest BCUT2D eigenvalue weighted by Crippen LogP contribution is -2.19. The number of nitrogens with one attached hydrogen (secondary N) is 1. The highest BCUT2D eigenvalue weighted by atomic mass is 79.9. The fourth-order valence-corrected chi connectivity index (χ4v) is 3.56. The van der Waals surface area contributed by atoms with Crippen molar-refractivity contribution in [3.63, 3.8) is 0 Å². The van der Waals surface area contributed by atoms with Crippen molar-refractivity contribution in [3.05, 3.63) is 28.5 Å². The Morgan fingerprint density at radius 1 is 1.44 bits per heavy atom. The van der Waals surface area contributed by atoms with Crippen LogP contribution < -0.4 is 5.32 Å². The standard InChI is InChI=1S/C13H15BrFNOS/c14-11-2-1-10(15)8-12(11)16-13(17)7-9-3-5-18-6-4-9/h1-2,8-9H,3-7H2,(H,16,17). The van der Waals surface area contributed by atoms with Crippen molar-refractivity contribution in [1.29, 1.82) is 0 Å². The van der Waals surface area contributed by atoms with E-state index in [2.05, 4.69) is 21.2 Å². The third kappa shape index (κ3) is 3.99. The van der Waals surface area contributed by atoms with Gasteiger partial charge in [-0.25, -0.2) is 4.39 Å². The number of carbonyl (C=O) groups excluding carboxylic acids is 1. The molecule has 0 aromatic heterocycles. The van der Waals surface area contributed by atoms with Crippen LogP contribution in [0.3, 0.4) is 0 Å². The van der Waals surface area contributed by atoms with Crippen LogP contribution in [0.5, 0.6) is 0 Å². The van der Waals surface area contributed by atoms with Crippen LogP contribution in [0.2, 0.25) is 0 Å². The van der Waals surface area contributed by atoms with Crippen molar-refractivity contribution in [1.82, 2.24) is 0 Å². The zero-order valence-electron chi connectivity index (χ0n) is 9.92. The zero-order valence-corrected chi connectivity index (χ0v) is 12.3. The van der Waals surface area contributed by atoms with Crippen molar-refractivity contribution < 1.29 is 9.18 Å². The lowest BCUT2D eigenvalue weighted by molar-refractivity contribution is -0.117. The third-order valence-corrected chi connectivity index (χ3v) is 4.76. The Morgan fingerprint density at radius 2 is 2.17 bits per heavy atom. The molecule has 1 aromatic rings. The van der Waals surface area contributed by atoms with Crippen LogP contribution in [-0.2, 0) is 4.79 Å². The van der Waals surface area contributed by atoms with E-state index >= 15 is 0 Å². The summed E-state index contributed by atoms with van der Waals surface area (Å²) in [5, 5.41) is 2.77. The first-order chi connectivity index (χ1) is 8.65. The smallest absolute Gasteiger partial charge is 0.224 e. The average Bonchev–Trinajstić information content (AvgIpc) is 2.35. The van der Waals surface area contributed by atoms with E-state index in [-0.39, 0.29) is 11.7 Å². The van der Waals surface area contributed by atoms with Gasteiger partial charge in [0.05, 0.1) is 5.69 Å².